The number of likely N-dealkylation sites (tertiary alicyclic amines) is 1. The van der Waals surface area contributed by atoms with Crippen LogP contribution in [0.1, 0.15) is 51.0 Å². The Morgan fingerprint density at radius 3 is 2.48 bits per heavy atom. The Balaban J connectivity index is 1.86. The molecule has 7 heteroatoms. The lowest BCUT2D eigenvalue weighted by atomic mass is 9.98. The predicted molar refractivity (Wildman–Crippen MR) is 104 cm³/mol. The zero-order valence-corrected chi connectivity index (χ0v) is 17.3. The first kappa shape index (κ1) is 20.1. The molecule has 3 rings (SSSR count). The van der Waals surface area contributed by atoms with E-state index in [4.69, 9.17) is 4.74 Å². The van der Waals surface area contributed by atoms with Gasteiger partial charge in [-0.3, -0.25) is 4.79 Å². The van der Waals surface area contributed by atoms with E-state index in [0.717, 1.165) is 37.9 Å². The molecule has 27 heavy (non-hydrogen) atoms. The van der Waals surface area contributed by atoms with Gasteiger partial charge in [0.05, 0.1) is 13.0 Å². The summed E-state index contributed by atoms with van der Waals surface area (Å²) in [5.41, 5.74) is 0.955. The van der Waals surface area contributed by atoms with Crippen molar-refractivity contribution in [1.82, 2.24) is 9.21 Å². The molecule has 0 saturated carbocycles. The highest BCUT2D eigenvalue weighted by atomic mass is 32.2. The van der Waals surface area contributed by atoms with Crippen LogP contribution in [0.25, 0.3) is 0 Å². The second-order valence-electron chi connectivity index (χ2n) is 7.80. The number of carbonyl (C=O) groups is 1. The number of methoxy groups -OCH3 is 1. The highest BCUT2D eigenvalue weighted by Crippen LogP contribution is 2.33. The molecular weight excluding hydrogens is 364 g/mol. The van der Waals surface area contributed by atoms with Crippen LogP contribution in [0.4, 0.5) is 0 Å². The number of hydrogen-bond acceptors (Lipinski definition) is 4. The minimum Gasteiger partial charge on any atom is -0.495 e. The SMILES string of the molecule is COc1ccc(C(C)C)cc1S(=O)(=O)N1CCC[C@H](C(=O)N2CCCC2)C1. The standard InChI is InChI=1S/C20H30N2O4S/c1-15(2)16-8-9-18(26-3)19(13-16)27(24,25)22-12-6-7-17(14-22)20(23)21-10-4-5-11-21/h8-9,13,15,17H,4-7,10-12,14H2,1-3H3/t17-/m0/s1. The smallest absolute Gasteiger partial charge is 0.246 e. The fourth-order valence-electron chi connectivity index (χ4n) is 3.95. The van der Waals surface area contributed by atoms with Gasteiger partial charge in [0.1, 0.15) is 10.6 Å². The number of piperidine rings is 1. The molecule has 0 radical (unpaired) electrons. The lowest BCUT2D eigenvalue weighted by molar-refractivity contribution is -0.135. The minimum atomic E-state index is -3.71. The average Bonchev–Trinajstić information content (AvgIpc) is 3.21. The number of benzene rings is 1. The molecule has 1 atom stereocenters. The molecule has 6 nitrogen and oxygen atoms in total. The van der Waals surface area contributed by atoms with Gasteiger partial charge in [-0.05, 0) is 49.3 Å². The maximum absolute atomic E-state index is 13.4. The average molecular weight is 395 g/mol. The van der Waals surface area contributed by atoms with Crippen molar-refractivity contribution in [3.8, 4) is 5.75 Å². The summed E-state index contributed by atoms with van der Waals surface area (Å²) in [6.07, 6.45) is 3.54. The Bertz CT molecular complexity index is 785. The van der Waals surface area contributed by atoms with Crippen molar-refractivity contribution in [2.75, 3.05) is 33.3 Å². The van der Waals surface area contributed by atoms with Crippen LogP contribution in [0.15, 0.2) is 23.1 Å². The van der Waals surface area contributed by atoms with Crippen molar-refractivity contribution < 1.29 is 17.9 Å². The molecule has 2 fully saturated rings. The Labute approximate surface area is 162 Å². The molecular formula is C20H30N2O4S. The second-order valence-corrected chi connectivity index (χ2v) is 9.71. The van der Waals surface area contributed by atoms with E-state index in [0.29, 0.717) is 18.7 Å². The van der Waals surface area contributed by atoms with Crippen LogP contribution in [-0.2, 0) is 14.8 Å². The zero-order valence-electron chi connectivity index (χ0n) is 16.5. The number of ether oxygens (including phenoxy) is 1. The maximum atomic E-state index is 13.4. The van der Waals surface area contributed by atoms with Gasteiger partial charge >= 0.3 is 0 Å². The van der Waals surface area contributed by atoms with E-state index in [-0.39, 0.29) is 29.2 Å². The highest BCUT2D eigenvalue weighted by Gasteiger charge is 2.36. The molecule has 0 spiro atoms. The third-order valence-electron chi connectivity index (χ3n) is 5.62. The van der Waals surface area contributed by atoms with Crippen molar-refractivity contribution in [3.05, 3.63) is 23.8 Å². The van der Waals surface area contributed by atoms with Gasteiger partial charge in [0.15, 0.2) is 0 Å². The van der Waals surface area contributed by atoms with E-state index in [1.54, 1.807) is 12.1 Å². The van der Waals surface area contributed by atoms with Crippen molar-refractivity contribution in [1.29, 1.82) is 0 Å². The monoisotopic (exact) mass is 394 g/mol. The molecule has 2 aliphatic rings. The Hall–Kier alpha value is -1.60. The van der Waals surface area contributed by atoms with Crippen molar-refractivity contribution in [2.24, 2.45) is 5.92 Å². The van der Waals surface area contributed by atoms with E-state index < -0.39 is 10.0 Å². The summed E-state index contributed by atoms with van der Waals surface area (Å²) in [5.74, 6) is 0.435. The van der Waals surface area contributed by atoms with Crippen molar-refractivity contribution >= 4 is 15.9 Å². The molecule has 1 aromatic carbocycles. The maximum Gasteiger partial charge on any atom is 0.246 e. The van der Waals surface area contributed by atoms with Crippen LogP contribution in [-0.4, -0.2) is 56.8 Å². The molecule has 0 bridgehead atoms. The zero-order chi connectivity index (χ0) is 19.6. The number of rotatable bonds is 5. The van der Waals surface area contributed by atoms with E-state index in [2.05, 4.69) is 0 Å². The minimum absolute atomic E-state index is 0.107. The van der Waals surface area contributed by atoms with Crippen LogP contribution in [0.5, 0.6) is 5.75 Å². The number of sulfonamides is 1. The van der Waals surface area contributed by atoms with Gasteiger partial charge in [0.25, 0.3) is 0 Å². The van der Waals surface area contributed by atoms with E-state index >= 15 is 0 Å². The molecule has 2 aliphatic heterocycles. The fraction of sp³-hybridized carbons (Fsp3) is 0.650. The van der Waals surface area contributed by atoms with Gasteiger partial charge in [-0.2, -0.15) is 4.31 Å². The number of nitrogens with zero attached hydrogens (tertiary/aromatic N) is 2. The van der Waals surface area contributed by atoms with Gasteiger partial charge in [-0.1, -0.05) is 19.9 Å². The summed E-state index contributed by atoms with van der Waals surface area (Å²) < 4.78 is 33.5. The first-order valence-electron chi connectivity index (χ1n) is 9.81. The summed E-state index contributed by atoms with van der Waals surface area (Å²) in [6, 6.07) is 5.34. The molecule has 150 valence electrons. The molecule has 2 saturated heterocycles. The quantitative estimate of drug-likeness (QED) is 0.770. The van der Waals surface area contributed by atoms with Crippen molar-refractivity contribution in [3.63, 3.8) is 0 Å². The molecule has 1 aromatic rings. The van der Waals surface area contributed by atoms with Gasteiger partial charge < -0.3 is 9.64 Å². The number of hydrogen-bond donors (Lipinski definition) is 0. The Morgan fingerprint density at radius 2 is 1.85 bits per heavy atom. The van der Waals surface area contributed by atoms with Gasteiger partial charge in [-0.15, -0.1) is 0 Å². The van der Waals surface area contributed by atoms with E-state index in [9.17, 15) is 13.2 Å². The first-order valence-corrected chi connectivity index (χ1v) is 11.3. The van der Waals surface area contributed by atoms with Crippen LogP contribution in [0.2, 0.25) is 0 Å². The lowest BCUT2D eigenvalue weighted by Crippen LogP contribution is -2.46. The third-order valence-corrected chi connectivity index (χ3v) is 7.51. The van der Waals surface area contributed by atoms with E-state index in [1.807, 2.05) is 24.8 Å². The molecule has 0 aliphatic carbocycles. The van der Waals surface area contributed by atoms with E-state index in [1.165, 1.54) is 11.4 Å². The predicted octanol–water partition coefficient (Wildman–Crippen LogP) is 2.84. The summed E-state index contributed by atoms with van der Waals surface area (Å²) in [4.78, 5) is 14.8. The van der Waals surface area contributed by atoms with Crippen LogP contribution in [0, 0.1) is 5.92 Å². The molecule has 0 unspecified atom stereocenters. The third kappa shape index (κ3) is 4.14. The highest BCUT2D eigenvalue weighted by molar-refractivity contribution is 7.89. The summed E-state index contributed by atoms with van der Waals surface area (Å²) >= 11 is 0. The molecule has 2 heterocycles. The second kappa shape index (κ2) is 8.19. The molecule has 1 amide bonds. The summed E-state index contributed by atoms with van der Waals surface area (Å²) in [6.45, 7) is 6.36. The van der Waals surface area contributed by atoms with Gasteiger partial charge in [-0.25, -0.2) is 8.42 Å². The summed E-state index contributed by atoms with van der Waals surface area (Å²) in [5, 5.41) is 0. The Kier molecular flexibility index (Phi) is 6.11. The lowest BCUT2D eigenvalue weighted by Gasteiger charge is -2.33. The van der Waals surface area contributed by atoms with Crippen LogP contribution >= 0.6 is 0 Å². The topological polar surface area (TPSA) is 66.9 Å². The van der Waals surface area contributed by atoms with Crippen molar-refractivity contribution in [2.45, 2.75) is 50.3 Å². The molecule has 0 aromatic heterocycles. The first-order chi connectivity index (χ1) is 12.8. The van der Waals surface area contributed by atoms with Crippen LogP contribution < -0.4 is 4.74 Å². The summed E-state index contributed by atoms with van der Waals surface area (Å²) in [7, 11) is -2.23. The fourth-order valence-corrected chi connectivity index (χ4v) is 5.67. The largest absolute Gasteiger partial charge is 0.495 e. The van der Waals surface area contributed by atoms with Crippen LogP contribution in [0.3, 0.4) is 0 Å². The normalized spacial score (nSPS) is 21.6. The number of amides is 1. The Morgan fingerprint density at radius 1 is 1.15 bits per heavy atom. The number of carbonyl (C=O) groups excluding carboxylic acids is 1. The van der Waals surface area contributed by atoms with Gasteiger partial charge in [0.2, 0.25) is 15.9 Å². The van der Waals surface area contributed by atoms with Gasteiger partial charge in [0, 0.05) is 26.2 Å². The molecule has 0 N–H and O–H groups in total.